The van der Waals surface area contributed by atoms with E-state index in [-0.39, 0.29) is 12.0 Å². The molecule has 4 rings (SSSR count). The topological polar surface area (TPSA) is 50.6 Å². The van der Waals surface area contributed by atoms with Crippen LogP contribution in [0.5, 0.6) is 0 Å². The van der Waals surface area contributed by atoms with E-state index >= 15 is 0 Å². The van der Waals surface area contributed by atoms with Gasteiger partial charge in [-0.2, -0.15) is 8.78 Å². The molecule has 0 spiro atoms. The Labute approximate surface area is 150 Å². The highest BCUT2D eigenvalue weighted by atomic mass is 19.3. The monoisotopic (exact) mass is 364 g/mol. The van der Waals surface area contributed by atoms with E-state index < -0.39 is 6.55 Å². The second kappa shape index (κ2) is 7.28. The second-order valence-electron chi connectivity index (χ2n) is 6.77. The number of ether oxygens (including phenoxy) is 1. The van der Waals surface area contributed by atoms with Crippen molar-refractivity contribution in [3.63, 3.8) is 0 Å². The first-order chi connectivity index (χ1) is 12.6. The van der Waals surface area contributed by atoms with Gasteiger partial charge in [-0.3, -0.25) is 14.3 Å². The minimum Gasteiger partial charge on any atom is -0.368 e. The normalized spacial score (nSPS) is 21.8. The fourth-order valence-electron chi connectivity index (χ4n) is 3.73. The van der Waals surface area contributed by atoms with Crippen molar-refractivity contribution >= 4 is 16.9 Å². The third-order valence-corrected chi connectivity index (χ3v) is 5.12. The summed E-state index contributed by atoms with van der Waals surface area (Å²) in [6.45, 7) is 0.845. The van der Waals surface area contributed by atoms with Gasteiger partial charge in [0.25, 0.3) is 5.91 Å². The zero-order valence-corrected chi connectivity index (χ0v) is 14.5. The first kappa shape index (κ1) is 17.4. The molecule has 0 bridgehead atoms. The maximum Gasteiger partial charge on any atom is 0.320 e. The first-order valence-electron chi connectivity index (χ1n) is 9.00. The van der Waals surface area contributed by atoms with Crippen molar-refractivity contribution in [2.24, 2.45) is 0 Å². The first-order valence-corrected chi connectivity index (χ1v) is 9.00. The van der Waals surface area contributed by atoms with Crippen molar-refractivity contribution in [1.29, 1.82) is 0 Å². The Morgan fingerprint density at radius 1 is 1.23 bits per heavy atom. The Morgan fingerprint density at radius 3 is 2.69 bits per heavy atom. The molecule has 2 aliphatic rings. The van der Waals surface area contributed by atoms with Crippen LogP contribution in [-0.4, -0.2) is 64.1 Å². The largest absolute Gasteiger partial charge is 0.368 e. The summed E-state index contributed by atoms with van der Waals surface area (Å²) in [4.78, 5) is 20.7. The van der Waals surface area contributed by atoms with E-state index in [1.165, 1.54) is 0 Å². The maximum atomic E-state index is 13.5. The molecule has 1 aromatic carbocycles. The van der Waals surface area contributed by atoms with Crippen LogP contribution >= 0.6 is 0 Å². The highest BCUT2D eigenvalue weighted by molar-refractivity contribution is 5.81. The smallest absolute Gasteiger partial charge is 0.320 e. The molecule has 2 saturated heterocycles. The molecule has 1 amide bonds. The molecule has 1 aromatic heterocycles. The van der Waals surface area contributed by atoms with E-state index in [0.717, 1.165) is 17.4 Å². The van der Waals surface area contributed by atoms with Gasteiger partial charge in [-0.25, -0.2) is 4.98 Å². The molecule has 1 atom stereocenters. The molecule has 0 saturated carbocycles. The van der Waals surface area contributed by atoms with Gasteiger partial charge in [0.2, 0.25) is 0 Å². The van der Waals surface area contributed by atoms with Crippen LogP contribution in [0, 0.1) is 0 Å². The summed E-state index contributed by atoms with van der Waals surface area (Å²) in [5, 5.41) is 0. The summed E-state index contributed by atoms with van der Waals surface area (Å²) in [6, 6.07) is 6.94. The maximum absolute atomic E-state index is 13.5. The summed E-state index contributed by atoms with van der Waals surface area (Å²) in [5.41, 5.74) is 1.03. The van der Waals surface area contributed by atoms with Crippen molar-refractivity contribution in [2.45, 2.75) is 32.0 Å². The van der Waals surface area contributed by atoms with Gasteiger partial charge in [0.1, 0.15) is 11.9 Å². The van der Waals surface area contributed by atoms with Crippen LogP contribution in [0.1, 0.15) is 25.2 Å². The fraction of sp³-hybridized carbons (Fsp3) is 0.556. The van der Waals surface area contributed by atoms with Crippen molar-refractivity contribution in [3.8, 4) is 0 Å². The Balaban J connectivity index is 1.42. The number of amides is 1. The Morgan fingerprint density at radius 2 is 2.00 bits per heavy atom. The summed E-state index contributed by atoms with van der Waals surface area (Å²) in [6.07, 6.45) is 1.42. The van der Waals surface area contributed by atoms with Crippen LogP contribution in [0.15, 0.2) is 24.3 Å². The molecule has 2 aromatic rings. The number of halogens is 2. The summed E-state index contributed by atoms with van der Waals surface area (Å²) < 4.78 is 33.5. The number of fused-ring (bicyclic) bond motifs is 1. The minimum atomic E-state index is -2.63. The Bertz CT molecular complexity index is 781. The molecule has 0 aliphatic carbocycles. The second-order valence-corrected chi connectivity index (χ2v) is 6.77. The number of aromatic nitrogens is 2. The van der Waals surface area contributed by atoms with Crippen molar-refractivity contribution in [2.75, 3.05) is 32.8 Å². The molecule has 8 heteroatoms. The van der Waals surface area contributed by atoms with Crippen molar-refractivity contribution < 1.29 is 18.3 Å². The van der Waals surface area contributed by atoms with Crippen LogP contribution in [0.3, 0.4) is 0 Å². The number of carbonyl (C=O) groups is 1. The standard InChI is InChI=1S/C18H22F2N4O2/c19-18(20)24-14-5-2-1-4-13(14)21-16(24)12-22-7-9-23(10-8-22)17(25)15-6-3-11-26-15/h1-2,4-5,15,18H,3,6-12H2/t15-/m0/s1. The molecular weight excluding hydrogens is 342 g/mol. The lowest BCUT2D eigenvalue weighted by Gasteiger charge is -2.35. The molecule has 140 valence electrons. The number of nitrogens with zero attached hydrogens (tertiary/aromatic N) is 4. The highest BCUT2D eigenvalue weighted by Gasteiger charge is 2.30. The number of rotatable bonds is 4. The van der Waals surface area contributed by atoms with Crippen LogP contribution in [-0.2, 0) is 16.1 Å². The average molecular weight is 364 g/mol. The Hall–Kier alpha value is -2.06. The third kappa shape index (κ3) is 3.31. The van der Waals surface area contributed by atoms with Crippen molar-refractivity contribution in [1.82, 2.24) is 19.4 Å². The lowest BCUT2D eigenvalue weighted by molar-refractivity contribution is -0.142. The van der Waals surface area contributed by atoms with Crippen LogP contribution in [0.4, 0.5) is 8.78 Å². The number of imidazole rings is 1. The summed E-state index contributed by atoms with van der Waals surface area (Å²) >= 11 is 0. The molecule has 2 aliphatic heterocycles. The van der Waals surface area contributed by atoms with Gasteiger partial charge in [-0.1, -0.05) is 12.1 Å². The van der Waals surface area contributed by atoms with Gasteiger partial charge in [0.05, 0.1) is 17.6 Å². The molecule has 0 unspecified atom stereocenters. The molecule has 0 N–H and O–H groups in total. The van der Waals surface area contributed by atoms with E-state index in [4.69, 9.17) is 4.74 Å². The number of hydrogen-bond acceptors (Lipinski definition) is 4. The average Bonchev–Trinajstić information content (AvgIpc) is 3.29. The fourth-order valence-corrected chi connectivity index (χ4v) is 3.73. The quantitative estimate of drug-likeness (QED) is 0.835. The highest BCUT2D eigenvalue weighted by Crippen LogP contribution is 2.24. The predicted molar refractivity (Wildman–Crippen MR) is 91.8 cm³/mol. The lowest BCUT2D eigenvalue weighted by Crippen LogP contribution is -2.51. The molecular formula is C18H22F2N4O2. The predicted octanol–water partition coefficient (Wildman–Crippen LogP) is 2.25. The van der Waals surface area contributed by atoms with Gasteiger partial charge in [-0.05, 0) is 25.0 Å². The molecule has 3 heterocycles. The number of para-hydroxylation sites is 2. The SMILES string of the molecule is O=C([C@@H]1CCCO1)N1CCN(Cc2nc3ccccc3n2C(F)F)CC1. The Kier molecular flexibility index (Phi) is 4.86. The summed E-state index contributed by atoms with van der Waals surface area (Å²) in [7, 11) is 0. The van der Waals surface area contributed by atoms with E-state index in [2.05, 4.69) is 9.88 Å². The third-order valence-electron chi connectivity index (χ3n) is 5.12. The van der Waals surface area contributed by atoms with E-state index in [1.54, 1.807) is 24.3 Å². The van der Waals surface area contributed by atoms with Crippen LogP contribution in [0.2, 0.25) is 0 Å². The van der Waals surface area contributed by atoms with E-state index in [0.29, 0.717) is 56.2 Å². The zero-order chi connectivity index (χ0) is 18.1. The summed E-state index contributed by atoms with van der Waals surface area (Å²) in [5.74, 6) is 0.419. The molecule has 2 fully saturated rings. The number of piperazine rings is 1. The van der Waals surface area contributed by atoms with Crippen LogP contribution in [0.25, 0.3) is 11.0 Å². The van der Waals surface area contributed by atoms with Gasteiger partial charge in [0, 0.05) is 32.8 Å². The zero-order valence-electron chi connectivity index (χ0n) is 14.5. The van der Waals surface area contributed by atoms with Gasteiger partial charge >= 0.3 is 6.55 Å². The molecule has 6 nitrogen and oxygen atoms in total. The number of carbonyl (C=O) groups excluding carboxylic acids is 1. The minimum absolute atomic E-state index is 0.0574. The van der Waals surface area contributed by atoms with Crippen LogP contribution < -0.4 is 0 Å². The molecule has 0 radical (unpaired) electrons. The van der Waals surface area contributed by atoms with Crippen molar-refractivity contribution in [3.05, 3.63) is 30.1 Å². The van der Waals surface area contributed by atoms with Gasteiger partial charge in [0.15, 0.2) is 0 Å². The number of hydrogen-bond donors (Lipinski definition) is 0. The van der Waals surface area contributed by atoms with Gasteiger partial charge in [-0.15, -0.1) is 0 Å². The van der Waals surface area contributed by atoms with E-state index in [1.807, 2.05) is 4.90 Å². The number of alkyl halides is 2. The lowest BCUT2D eigenvalue weighted by atomic mass is 10.2. The number of benzene rings is 1. The molecule has 26 heavy (non-hydrogen) atoms. The van der Waals surface area contributed by atoms with E-state index in [9.17, 15) is 13.6 Å². The van der Waals surface area contributed by atoms with Gasteiger partial charge < -0.3 is 9.64 Å².